The largest absolute Gasteiger partial charge is 0.370 e. The van der Waals surface area contributed by atoms with Gasteiger partial charge in [-0.15, -0.1) is 0 Å². The van der Waals surface area contributed by atoms with Crippen molar-refractivity contribution in [2.45, 2.75) is 11.3 Å². The standard InChI is InChI=1S/C17H18N2O4S/c1-24(22,23)15-9-7-13(8-10-15)17(21)19(12-11-16(18)20)14-5-3-2-4-6-14/h2-10H,11-12H2,1H3,(H2,18,20). The Bertz CT molecular complexity index is 831. The molecule has 0 atom stereocenters. The molecule has 0 aliphatic heterocycles. The third-order valence-electron chi connectivity index (χ3n) is 3.42. The van der Waals surface area contributed by atoms with Gasteiger partial charge in [0, 0.05) is 30.5 Å². The van der Waals surface area contributed by atoms with Gasteiger partial charge in [0.2, 0.25) is 5.91 Å². The molecule has 0 bridgehead atoms. The van der Waals surface area contributed by atoms with E-state index in [-0.39, 0.29) is 23.8 Å². The van der Waals surface area contributed by atoms with Gasteiger partial charge in [0.25, 0.3) is 5.91 Å². The van der Waals surface area contributed by atoms with Crippen LogP contribution in [0.1, 0.15) is 16.8 Å². The maximum atomic E-state index is 12.7. The summed E-state index contributed by atoms with van der Waals surface area (Å²) in [6.07, 6.45) is 1.13. The molecule has 0 unspecified atom stereocenters. The number of sulfone groups is 1. The first-order chi connectivity index (χ1) is 11.3. The molecule has 0 saturated heterocycles. The van der Waals surface area contributed by atoms with Gasteiger partial charge in [-0.1, -0.05) is 18.2 Å². The summed E-state index contributed by atoms with van der Waals surface area (Å²) in [6, 6.07) is 14.6. The molecule has 0 spiro atoms. The summed E-state index contributed by atoms with van der Waals surface area (Å²) in [5, 5.41) is 0. The molecule has 0 saturated carbocycles. The monoisotopic (exact) mass is 346 g/mol. The van der Waals surface area contributed by atoms with Gasteiger partial charge in [0.1, 0.15) is 0 Å². The van der Waals surface area contributed by atoms with Crippen molar-refractivity contribution in [3.05, 3.63) is 60.2 Å². The summed E-state index contributed by atoms with van der Waals surface area (Å²) in [7, 11) is -3.33. The highest BCUT2D eigenvalue weighted by atomic mass is 32.2. The van der Waals surface area contributed by atoms with Crippen LogP contribution in [-0.2, 0) is 14.6 Å². The Balaban J connectivity index is 2.32. The molecule has 2 amide bonds. The van der Waals surface area contributed by atoms with Crippen LogP contribution in [-0.4, -0.2) is 33.0 Å². The van der Waals surface area contributed by atoms with Gasteiger partial charge in [0.15, 0.2) is 9.84 Å². The van der Waals surface area contributed by atoms with Crippen molar-refractivity contribution in [1.29, 1.82) is 0 Å². The second kappa shape index (κ2) is 7.27. The van der Waals surface area contributed by atoms with E-state index in [1.807, 2.05) is 6.07 Å². The topological polar surface area (TPSA) is 97.5 Å². The Morgan fingerprint density at radius 2 is 1.58 bits per heavy atom. The molecule has 0 aromatic heterocycles. The van der Waals surface area contributed by atoms with E-state index in [0.717, 1.165) is 6.26 Å². The molecule has 6 nitrogen and oxygen atoms in total. The van der Waals surface area contributed by atoms with E-state index in [1.54, 1.807) is 24.3 Å². The molecule has 0 fully saturated rings. The zero-order chi connectivity index (χ0) is 17.7. The Morgan fingerprint density at radius 3 is 2.08 bits per heavy atom. The molecule has 2 N–H and O–H groups in total. The van der Waals surface area contributed by atoms with Crippen molar-refractivity contribution in [1.82, 2.24) is 0 Å². The summed E-state index contributed by atoms with van der Waals surface area (Å²) >= 11 is 0. The normalized spacial score (nSPS) is 11.0. The molecule has 0 radical (unpaired) electrons. The molecule has 2 aromatic carbocycles. The van der Waals surface area contributed by atoms with Gasteiger partial charge in [-0.2, -0.15) is 0 Å². The lowest BCUT2D eigenvalue weighted by atomic mass is 10.1. The van der Waals surface area contributed by atoms with Gasteiger partial charge >= 0.3 is 0 Å². The van der Waals surface area contributed by atoms with Gasteiger partial charge in [-0.3, -0.25) is 9.59 Å². The number of para-hydroxylation sites is 1. The number of amides is 2. The first-order valence-corrected chi connectivity index (χ1v) is 9.13. The highest BCUT2D eigenvalue weighted by Gasteiger charge is 2.19. The Labute approximate surface area is 140 Å². The number of hydrogen-bond acceptors (Lipinski definition) is 4. The molecular weight excluding hydrogens is 328 g/mol. The van der Waals surface area contributed by atoms with E-state index in [0.29, 0.717) is 11.3 Å². The van der Waals surface area contributed by atoms with Crippen molar-refractivity contribution < 1.29 is 18.0 Å². The highest BCUT2D eigenvalue weighted by Crippen LogP contribution is 2.18. The predicted octanol–water partition coefficient (Wildman–Crippen LogP) is 1.61. The number of primary amides is 1. The minimum absolute atomic E-state index is 0.0298. The van der Waals surface area contributed by atoms with E-state index in [4.69, 9.17) is 5.73 Å². The molecule has 0 aliphatic rings. The lowest BCUT2D eigenvalue weighted by Gasteiger charge is -2.22. The quantitative estimate of drug-likeness (QED) is 0.859. The summed E-state index contributed by atoms with van der Waals surface area (Å²) < 4.78 is 23.0. The van der Waals surface area contributed by atoms with Crippen LogP contribution in [0.15, 0.2) is 59.5 Å². The number of nitrogens with zero attached hydrogens (tertiary/aromatic N) is 1. The number of benzene rings is 2. The molecular formula is C17H18N2O4S. The van der Waals surface area contributed by atoms with Crippen LogP contribution in [0.5, 0.6) is 0 Å². The van der Waals surface area contributed by atoms with Gasteiger partial charge in [-0.25, -0.2) is 8.42 Å². The highest BCUT2D eigenvalue weighted by molar-refractivity contribution is 7.90. The first kappa shape index (κ1) is 17.7. The molecule has 0 heterocycles. The fraction of sp³-hybridized carbons (Fsp3) is 0.176. The number of rotatable bonds is 6. The van der Waals surface area contributed by atoms with E-state index in [9.17, 15) is 18.0 Å². The van der Waals surface area contributed by atoms with Crippen LogP contribution < -0.4 is 10.6 Å². The van der Waals surface area contributed by atoms with Crippen LogP contribution in [0.2, 0.25) is 0 Å². The van der Waals surface area contributed by atoms with Crippen molar-refractivity contribution in [3.8, 4) is 0 Å². The predicted molar refractivity (Wildman–Crippen MR) is 91.5 cm³/mol. The molecule has 24 heavy (non-hydrogen) atoms. The Hall–Kier alpha value is -2.67. The molecule has 2 rings (SSSR count). The van der Waals surface area contributed by atoms with Crippen molar-refractivity contribution >= 4 is 27.3 Å². The molecule has 7 heteroatoms. The van der Waals surface area contributed by atoms with Crippen LogP contribution in [0.3, 0.4) is 0 Å². The van der Waals surface area contributed by atoms with Crippen molar-refractivity contribution in [3.63, 3.8) is 0 Å². The van der Waals surface area contributed by atoms with Crippen LogP contribution >= 0.6 is 0 Å². The van der Waals surface area contributed by atoms with Gasteiger partial charge < -0.3 is 10.6 Å². The minimum atomic E-state index is -3.33. The lowest BCUT2D eigenvalue weighted by Crippen LogP contribution is -2.34. The number of anilines is 1. The molecule has 0 aliphatic carbocycles. The zero-order valence-electron chi connectivity index (χ0n) is 13.2. The first-order valence-electron chi connectivity index (χ1n) is 7.24. The van der Waals surface area contributed by atoms with E-state index >= 15 is 0 Å². The maximum absolute atomic E-state index is 12.7. The smallest absolute Gasteiger partial charge is 0.258 e. The van der Waals surface area contributed by atoms with Crippen LogP contribution in [0, 0.1) is 0 Å². The number of carbonyl (C=O) groups excluding carboxylic acids is 2. The SMILES string of the molecule is CS(=O)(=O)c1ccc(C(=O)N(CCC(N)=O)c2ccccc2)cc1. The fourth-order valence-corrected chi connectivity index (χ4v) is 2.81. The fourth-order valence-electron chi connectivity index (χ4n) is 2.18. The second-order valence-corrected chi connectivity index (χ2v) is 7.32. The van der Waals surface area contributed by atoms with Gasteiger partial charge in [-0.05, 0) is 36.4 Å². The van der Waals surface area contributed by atoms with Crippen LogP contribution in [0.25, 0.3) is 0 Å². The Morgan fingerprint density at radius 1 is 1.00 bits per heavy atom. The lowest BCUT2D eigenvalue weighted by molar-refractivity contribution is -0.117. The average molecular weight is 346 g/mol. The minimum Gasteiger partial charge on any atom is -0.370 e. The van der Waals surface area contributed by atoms with E-state index in [1.165, 1.54) is 29.2 Å². The third kappa shape index (κ3) is 4.42. The Kier molecular flexibility index (Phi) is 5.35. The van der Waals surface area contributed by atoms with E-state index < -0.39 is 15.7 Å². The number of nitrogens with two attached hydrogens (primary N) is 1. The number of hydrogen-bond donors (Lipinski definition) is 1. The zero-order valence-corrected chi connectivity index (χ0v) is 14.0. The summed E-state index contributed by atoms with van der Waals surface area (Å²) in [5.41, 5.74) is 6.15. The number of carbonyl (C=O) groups is 2. The summed E-state index contributed by atoms with van der Waals surface area (Å²) in [4.78, 5) is 25.4. The van der Waals surface area contributed by atoms with Crippen LogP contribution in [0.4, 0.5) is 5.69 Å². The van der Waals surface area contributed by atoms with E-state index in [2.05, 4.69) is 0 Å². The van der Waals surface area contributed by atoms with Crippen molar-refractivity contribution in [2.24, 2.45) is 5.73 Å². The second-order valence-electron chi connectivity index (χ2n) is 5.31. The molecule has 2 aromatic rings. The maximum Gasteiger partial charge on any atom is 0.258 e. The van der Waals surface area contributed by atoms with Gasteiger partial charge in [0.05, 0.1) is 4.90 Å². The summed E-state index contributed by atoms with van der Waals surface area (Å²) in [5.74, 6) is -0.835. The van der Waals surface area contributed by atoms with Crippen molar-refractivity contribution in [2.75, 3.05) is 17.7 Å². The third-order valence-corrected chi connectivity index (χ3v) is 4.55. The average Bonchev–Trinajstić information content (AvgIpc) is 2.55. The molecule has 126 valence electrons. The summed E-state index contributed by atoms with van der Waals surface area (Å²) in [6.45, 7) is 0.145.